The van der Waals surface area contributed by atoms with Crippen LogP contribution >= 0.6 is 0 Å². The molecule has 0 radical (unpaired) electrons. The molecule has 13 heteroatoms. The number of esters is 1. The van der Waals surface area contributed by atoms with Crippen molar-refractivity contribution >= 4 is 11.8 Å². The fourth-order valence-corrected chi connectivity index (χ4v) is 6.60. The number of ether oxygens (including phenoxy) is 5. The first-order chi connectivity index (χ1) is 24.1. The predicted molar refractivity (Wildman–Crippen MR) is 203 cm³/mol. The van der Waals surface area contributed by atoms with Crippen molar-refractivity contribution in [3.05, 3.63) is 0 Å². The van der Waals surface area contributed by atoms with E-state index in [1.165, 1.54) is 14.0 Å². The molecule has 0 aromatic heterocycles. The summed E-state index contributed by atoms with van der Waals surface area (Å²) in [7, 11) is 8.53. The largest absolute Gasteiger partial charge is 0.462 e. The lowest BCUT2D eigenvalue weighted by Gasteiger charge is -2.45. The van der Waals surface area contributed by atoms with Gasteiger partial charge in [-0.15, -0.1) is 0 Å². The fraction of sp³-hybridized carbons (Fsp3) is 0.949. The van der Waals surface area contributed by atoms with Crippen LogP contribution in [0.15, 0.2) is 0 Å². The average Bonchev–Trinajstić information content (AvgIpc) is 3.11. The van der Waals surface area contributed by atoms with Gasteiger partial charge in [-0.1, -0.05) is 41.5 Å². The normalized spacial score (nSPS) is 40.4. The zero-order chi connectivity index (χ0) is 41.1. The van der Waals surface area contributed by atoms with Crippen molar-refractivity contribution < 1.29 is 58.8 Å². The third-order valence-electron chi connectivity index (χ3n) is 9.98. The van der Waals surface area contributed by atoms with E-state index < -0.39 is 72.1 Å². The smallest absolute Gasteiger partial charge is 0.311 e. The molecule has 0 aliphatic carbocycles. The molecule has 14 atom stereocenters. The minimum Gasteiger partial charge on any atom is -0.462 e. The highest BCUT2D eigenvalue weighted by Crippen LogP contribution is 2.38. The van der Waals surface area contributed by atoms with E-state index >= 15 is 0 Å². The van der Waals surface area contributed by atoms with Crippen LogP contribution in [0, 0.1) is 29.6 Å². The van der Waals surface area contributed by atoms with Crippen LogP contribution in [-0.2, 0) is 33.3 Å². The summed E-state index contributed by atoms with van der Waals surface area (Å²) in [5, 5.41) is 49.0. The van der Waals surface area contributed by atoms with E-state index in [0.717, 1.165) is 33.0 Å². The number of ketones is 1. The summed E-state index contributed by atoms with van der Waals surface area (Å²) in [6, 6.07) is 0. The quantitative estimate of drug-likeness (QED) is 0.262. The Hall–Kier alpha value is -1.26. The molecule has 3 heterocycles. The summed E-state index contributed by atoms with van der Waals surface area (Å²) in [5.74, 6) is -3.55. The molecule has 5 N–H and O–H groups in total. The van der Waals surface area contributed by atoms with Gasteiger partial charge in [0.05, 0.1) is 48.1 Å². The highest BCUT2D eigenvalue weighted by atomic mass is 16.7. The van der Waals surface area contributed by atoms with Crippen LogP contribution in [0.4, 0.5) is 0 Å². The summed E-state index contributed by atoms with van der Waals surface area (Å²) in [5.41, 5.74) is -2.86. The molecule has 3 rings (SSSR count). The van der Waals surface area contributed by atoms with E-state index in [-0.39, 0.29) is 30.5 Å². The molecule has 3 aliphatic heterocycles. The number of aliphatic hydroxyl groups excluding tert-OH is 4. The first kappa shape index (κ1) is 52.8. The Morgan fingerprint density at radius 2 is 1.38 bits per heavy atom. The Bertz CT molecular complexity index is 955. The van der Waals surface area contributed by atoms with Crippen molar-refractivity contribution in [2.75, 3.05) is 48.6 Å². The van der Waals surface area contributed by atoms with Gasteiger partial charge in [0, 0.05) is 38.6 Å². The summed E-state index contributed by atoms with van der Waals surface area (Å²) in [6.45, 7) is 20.0. The molecule has 3 fully saturated rings. The number of hydrogen-bond acceptors (Lipinski definition) is 13. The fourth-order valence-electron chi connectivity index (χ4n) is 6.60. The molecule has 13 nitrogen and oxygen atoms in total. The van der Waals surface area contributed by atoms with E-state index in [4.69, 9.17) is 28.8 Å². The van der Waals surface area contributed by atoms with Gasteiger partial charge in [-0.25, -0.2) is 0 Å². The summed E-state index contributed by atoms with van der Waals surface area (Å²) in [6.07, 6.45) is -0.224. The molecule has 0 spiro atoms. The second-order valence-electron chi connectivity index (χ2n) is 15.4. The highest BCUT2D eigenvalue weighted by Gasteiger charge is 2.48. The van der Waals surface area contributed by atoms with Crippen LogP contribution in [0.1, 0.15) is 108 Å². The Balaban J connectivity index is 0. The molecular formula is C39H79NO12. The van der Waals surface area contributed by atoms with Gasteiger partial charge >= 0.3 is 5.97 Å². The number of aliphatic hydroxyl groups is 5. The van der Waals surface area contributed by atoms with Gasteiger partial charge in [0.2, 0.25) is 0 Å². The van der Waals surface area contributed by atoms with Gasteiger partial charge in [0.25, 0.3) is 0 Å². The number of methoxy groups -OCH3 is 1. The predicted octanol–water partition coefficient (Wildman–Crippen LogP) is 3.83. The van der Waals surface area contributed by atoms with Gasteiger partial charge in [-0.2, -0.15) is 0 Å². The highest BCUT2D eigenvalue weighted by molar-refractivity contribution is 5.83. The van der Waals surface area contributed by atoms with Crippen molar-refractivity contribution in [3.63, 3.8) is 0 Å². The third kappa shape index (κ3) is 17.0. The number of carbonyl (C=O) groups excluding carboxylic acids is 2. The maximum absolute atomic E-state index is 13.3. The number of nitrogens with zero attached hydrogens (tertiary/aromatic N) is 1. The number of carbonyl (C=O) groups is 2. The van der Waals surface area contributed by atoms with Crippen molar-refractivity contribution in [1.82, 2.24) is 4.90 Å². The summed E-state index contributed by atoms with van der Waals surface area (Å²) < 4.78 is 28.9. The van der Waals surface area contributed by atoms with Crippen LogP contribution in [0.25, 0.3) is 0 Å². The monoisotopic (exact) mass is 754 g/mol. The molecule has 3 saturated heterocycles. The number of hydrogen-bond donors (Lipinski definition) is 5. The summed E-state index contributed by atoms with van der Waals surface area (Å²) >= 11 is 0. The van der Waals surface area contributed by atoms with Gasteiger partial charge in [-0.05, 0) is 93.8 Å². The lowest BCUT2D eigenvalue weighted by molar-refractivity contribution is -0.265. The van der Waals surface area contributed by atoms with Crippen LogP contribution in [-0.4, -0.2) is 145 Å². The minimum absolute atomic E-state index is 0.0332. The molecule has 3 aliphatic rings. The Morgan fingerprint density at radius 1 is 0.846 bits per heavy atom. The van der Waals surface area contributed by atoms with E-state index in [9.17, 15) is 30.0 Å². The average molecular weight is 754 g/mol. The van der Waals surface area contributed by atoms with E-state index in [0.29, 0.717) is 12.3 Å². The standard InChI is InChI=1S/C26H46O9.C7H14O2.C3H9N.C2H6.CH4O/c1-14-12-26(7,32-8)23(35-19-11-9-10-15(2)34-19)17(4)21(28)18(5)24(30)33-13-25(6,31)22(29)16(3)20(14)27;1-5-3-4-9-6(2)7(5)8;1-4(2)3;2*1-2/h14-19,21-23,28-29,31H,9-13H2,1-8H3;5-8H,3-4H2,1-2H3;1-3H3;1-2H3;2H,1H3/t14-,15?,16?,17+,18?,19?,21+,22?,23-,25-,26-;5-,6?,7+;;;/m10.../s1. The summed E-state index contributed by atoms with van der Waals surface area (Å²) in [4.78, 5) is 28.0. The Labute approximate surface area is 315 Å². The molecular weight excluding hydrogens is 674 g/mol. The second kappa shape index (κ2) is 25.8. The zero-order valence-corrected chi connectivity index (χ0v) is 35.4. The molecule has 0 aromatic carbocycles. The molecule has 0 amide bonds. The first-order valence-electron chi connectivity index (χ1n) is 19.1. The zero-order valence-electron chi connectivity index (χ0n) is 35.4. The topological polar surface area (TPSA) is 185 Å². The van der Waals surface area contributed by atoms with Crippen molar-refractivity contribution in [1.29, 1.82) is 0 Å². The van der Waals surface area contributed by atoms with E-state index in [2.05, 4.69) is 6.92 Å². The number of cyclic esters (lactones) is 1. The Morgan fingerprint density at radius 3 is 1.85 bits per heavy atom. The maximum Gasteiger partial charge on any atom is 0.311 e. The SMILES string of the molecule is CC.CC1OCC[C@H](C)[C@H]1O.CN(C)C.CO.CO[C@]1(C)C[C@@H](C)C(=O)C(C)C(O)[C@](C)(O)COC(=O)C(C)[C@@H](O)[C@H](C)[C@H]1OC1CCCC(C)O1. The third-order valence-corrected chi connectivity index (χ3v) is 9.98. The minimum atomic E-state index is -1.84. The van der Waals surface area contributed by atoms with Crippen LogP contribution < -0.4 is 0 Å². The van der Waals surface area contributed by atoms with Crippen LogP contribution in [0.3, 0.4) is 0 Å². The van der Waals surface area contributed by atoms with Crippen molar-refractivity contribution in [2.45, 2.75) is 162 Å². The lowest BCUT2D eigenvalue weighted by atomic mass is 9.75. The number of rotatable bonds is 3. The van der Waals surface area contributed by atoms with Crippen molar-refractivity contribution in [3.8, 4) is 0 Å². The first-order valence-corrected chi connectivity index (χ1v) is 19.1. The lowest BCUT2D eigenvalue weighted by Crippen LogP contribution is -2.56. The van der Waals surface area contributed by atoms with Crippen molar-refractivity contribution in [2.24, 2.45) is 29.6 Å². The molecule has 312 valence electrons. The molecule has 0 bridgehead atoms. The van der Waals surface area contributed by atoms with E-state index in [1.54, 1.807) is 27.7 Å². The van der Waals surface area contributed by atoms with Gasteiger partial charge in [-0.3, -0.25) is 9.59 Å². The van der Waals surface area contributed by atoms with Gasteiger partial charge < -0.3 is 54.1 Å². The molecule has 0 aromatic rings. The van der Waals surface area contributed by atoms with Gasteiger partial charge in [0.1, 0.15) is 18.0 Å². The van der Waals surface area contributed by atoms with Crippen LogP contribution in [0.5, 0.6) is 0 Å². The molecule has 52 heavy (non-hydrogen) atoms. The second-order valence-corrected chi connectivity index (χ2v) is 15.4. The van der Waals surface area contributed by atoms with Gasteiger partial charge in [0.15, 0.2) is 6.29 Å². The van der Waals surface area contributed by atoms with E-state index in [1.807, 2.05) is 60.7 Å². The maximum atomic E-state index is 13.3. The van der Waals surface area contributed by atoms with Crippen LogP contribution in [0.2, 0.25) is 0 Å². The Kier molecular flexibility index (Phi) is 26.2. The number of Topliss-reactive ketones (excluding diaryl/α,β-unsaturated/α-hetero) is 1. The molecule has 6 unspecified atom stereocenters. The molecule has 0 saturated carbocycles.